The first kappa shape index (κ1) is 16.2. The van der Waals surface area contributed by atoms with E-state index >= 15 is 0 Å². The van der Waals surface area contributed by atoms with Gasteiger partial charge in [0.15, 0.2) is 15.7 Å². The molecule has 3 rings (SSSR count). The van der Waals surface area contributed by atoms with E-state index in [1.54, 1.807) is 24.3 Å². The van der Waals surface area contributed by atoms with Gasteiger partial charge in [-0.15, -0.1) is 0 Å². The Bertz CT molecular complexity index is 935. The average Bonchev–Trinajstić information content (AvgIpc) is 3.09. The van der Waals surface area contributed by atoms with Gasteiger partial charge in [0.2, 0.25) is 0 Å². The maximum absolute atomic E-state index is 12.7. The van der Waals surface area contributed by atoms with E-state index in [9.17, 15) is 8.42 Å². The number of anilines is 1. The van der Waals surface area contributed by atoms with Crippen LogP contribution in [0.25, 0.3) is 11.4 Å². The Hall–Kier alpha value is -2.67. The second kappa shape index (κ2) is 6.45. The standard InChI is InChI=1S/C17H18N4O2S/c1-21(2)15-7-3-5-13(9-15)11-24(22,23)16-8-4-6-14(10-16)17-18-12-19-20-17/h3-10,12H,11H2,1-2H3,(H,18,19,20). The van der Waals surface area contributed by atoms with Crippen LogP contribution in [-0.4, -0.2) is 37.7 Å². The van der Waals surface area contributed by atoms with E-state index in [0.29, 0.717) is 11.4 Å². The highest BCUT2D eigenvalue weighted by atomic mass is 32.2. The Balaban J connectivity index is 1.91. The van der Waals surface area contributed by atoms with Gasteiger partial charge in [0.1, 0.15) is 6.33 Å². The van der Waals surface area contributed by atoms with Gasteiger partial charge >= 0.3 is 0 Å². The lowest BCUT2D eigenvalue weighted by Crippen LogP contribution is -2.10. The van der Waals surface area contributed by atoms with Crippen LogP contribution in [0.15, 0.2) is 59.8 Å². The lowest BCUT2D eigenvalue weighted by atomic mass is 10.2. The van der Waals surface area contributed by atoms with Crippen LogP contribution in [0.2, 0.25) is 0 Å². The predicted molar refractivity (Wildman–Crippen MR) is 93.5 cm³/mol. The van der Waals surface area contributed by atoms with Gasteiger partial charge in [-0.3, -0.25) is 5.10 Å². The van der Waals surface area contributed by atoms with Gasteiger partial charge in [0.05, 0.1) is 10.6 Å². The monoisotopic (exact) mass is 342 g/mol. The summed E-state index contributed by atoms with van der Waals surface area (Å²) in [6, 6.07) is 14.2. The lowest BCUT2D eigenvalue weighted by molar-refractivity contribution is 0.595. The van der Waals surface area contributed by atoms with E-state index in [4.69, 9.17) is 0 Å². The second-order valence-electron chi connectivity index (χ2n) is 5.69. The highest BCUT2D eigenvalue weighted by Gasteiger charge is 2.17. The molecule has 0 atom stereocenters. The quantitative estimate of drug-likeness (QED) is 0.771. The fourth-order valence-electron chi connectivity index (χ4n) is 2.41. The summed E-state index contributed by atoms with van der Waals surface area (Å²) in [5.41, 5.74) is 2.42. The van der Waals surface area contributed by atoms with Gasteiger partial charge in [-0.05, 0) is 29.8 Å². The second-order valence-corrected chi connectivity index (χ2v) is 7.67. The van der Waals surface area contributed by atoms with E-state index in [-0.39, 0.29) is 10.6 Å². The van der Waals surface area contributed by atoms with E-state index < -0.39 is 9.84 Å². The van der Waals surface area contributed by atoms with Gasteiger partial charge in [-0.25, -0.2) is 13.4 Å². The number of sulfone groups is 1. The maximum Gasteiger partial charge on any atom is 0.182 e. The van der Waals surface area contributed by atoms with Crippen molar-refractivity contribution in [3.63, 3.8) is 0 Å². The van der Waals surface area contributed by atoms with Gasteiger partial charge in [-0.2, -0.15) is 5.10 Å². The van der Waals surface area contributed by atoms with Crippen molar-refractivity contribution in [1.29, 1.82) is 0 Å². The van der Waals surface area contributed by atoms with Crippen LogP contribution in [0.3, 0.4) is 0 Å². The first-order valence-corrected chi connectivity index (χ1v) is 9.06. The van der Waals surface area contributed by atoms with Crippen LogP contribution in [0.1, 0.15) is 5.56 Å². The summed E-state index contributed by atoms with van der Waals surface area (Å²) >= 11 is 0. The van der Waals surface area contributed by atoms with Crippen molar-refractivity contribution in [3.05, 3.63) is 60.4 Å². The zero-order valence-corrected chi connectivity index (χ0v) is 14.3. The number of benzene rings is 2. The number of aromatic nitrogens is 3. The Labute approximate surface area is 141 Å². The minimum atomic E-state index is -3.45. The Morgan fingerprint density at radius 2 is 1.88 bits per heavy atom. The minimum absolute atomic E-state index is 0.0471. The predicted octanol–water partition coefficient (Wildman–Crippen LogP) is 2.51. The zero-order valence-electron chi connectivity index (χ0n) is 13.5. The fourth-order valence-corrected chi connectivity index (χ4v) is 3.79. The molecule has 1 N–H and O–H groups in total. The molecule has 24 heavy (non-hydrogen) atoms. The normalized spacial score (nSPS) is 11.4. The maximum atomic E-state index is 12.7. The van der Waals surface area contributed by atoms with Crippen LogP contribution in [0, 0.1) is 0 Å². The van der Waals surface area contributed by atoms with Crippen molar-refractivity contribution in [3.8, 4) is 11.4 Å². The van der Waals surface area contributed by atoms with Crippen LogP contribution >= 0.6 is 0 Å². The molecule has 0 spiro atoms. The van der Waals surface area contributed by atoms with Gasteiger partial charge in [-0.1, -0.05) is 24.3 Å². The molecule has 3 aromatic rings. The first-order chi connectivity index (χ1) is 11.5. The number of hydrogen-bond acceptors (Lipinski definition) is 5. The molecule has 0 aliphatic carbocycles. The number of nitrogens with one attached hydrogen (secondary N) is 1. The van der Waals surface area contributed by atoms with Crippen molar-refractivity contribution in [2.75, 3.05) is 19.0 Å². The summed E-state index contributed by atoms with van der Waals surface area (Å²) < 4.78 is 25.5. The van der Waals surface area contributed by atoms with Crippen LogP contribution in [0.4, 0.5) is 5.69 Å². The van der Waals surface area contributed by atoms with E-state index in [2.05, 4.69) is 15.2 Å². The zero-order chi connectivity index (χ0) is 17.2. The van der Waals surface area contributed by atoms with Crippen molar-refractivity contribution in [1.82, 2.24) is 15.2 Å². The number of nitrogens with zero attached hydrogens (tertiary/aromatic N) is 3. The van der Waals surface area contributed by atoms with E-state index in [1.165, 1.54) is 6.33 Å². The SMILES string of the molecule is CN(C)c1cccc(CS(=O)(=O)c2cccc(-c3ncn[nH]3)c2)c1. The highest BCUT2D eigenvalue weighted by Crippen LogP contribution is 2.23. The molecule has 0 amide bonds. The van der Waals surface area contributed by atoms with Crippen molar-refractivity contribution >= 4 is 15.5 Å². The summed E-state index contributed by atoms with van der Waals surface area (Å²) in [5, 5.41) is 6.53. The third-order valence-corrected chi connectivity index (χ3v) is 5.35. The molecular weight excluding hydrogens is 324 g/mol. The Kier molecular flexibility index (Phi) is 4.35. The molecular formula is C17H18N4O2S. The molecule has 124 valence electrons. The van der Waals surface area contributed by atoms with Gasteiger partial charge in [0.25, 0.3) is 0 Å². The molecule has 7 heteroatoms. The van der Waals surface area contributed by atoms with E-state index in [0.717, 1.165) is 11.3 Å². The first-order valence-electron chi connectivity index (χ1n) is 7.40. The molecule has 0 unspecified atom stereocenters. The third-order valence-electron chi connectivity index (χ3n) is 3.67. The molecule has 1 heterocycles. The molecule has 0 saturated carbocycles. The number of rotatable bonds is 5. The van der Waals surface area contributed by atoms with Crippen molar-refractivity contribution in [2.24, 2.45) is 0 Å². The molecule has 0 aliphatic rings. The smallest absolute Gasteiger partial charge is 0.182 e. The molecule has 2 aromatic carbocycles. The lowest BCUT2D eigenvalue weighted by Gasteiger charge is -2.13. The molecule has 6 nitrogen and oxygen atoms in total. The van der Waals surface area contributed by atoms with Crippen LogP contribution < -0.4 is 4.90 Å². The van der Waals surface area contributed by atoms with Gasteiger partial charge < -0.3 is 4.90 Å². The Morgan fingerprint density at radius 1 is 1.08 bits per heavy atom. The van der Waals surface area contributed by atoms with Crippen LogP contribution in [0.5, 0.6) is 0 Å². The summed E-state index contributed by atoms with van der Waals surface area (Å²) in [7, 11) is 0.400. The topological polar surface area (TPSA) is 79.0 Å². The number of H-pyrrole nitrogens is 1. The molecule has 0 fully saturated rings. The summed E-state index contributed by atoms with van der Waals surface area (Å²) in [4.78, 5) is 6.27. The van der Waals surface area contributed by atoms with Gasteiger partial charge in [0, 0.05) is 25.3 Å². The molecule has 0 aliphatic heterocycles. The summed E-state index contributed by atoms with van der Waals surface area (Å²) in [6.45, 7) is 0. The minimum Gasteiger partial charge on any atom is -0.378 e. The van der Waals surface area contributed by atoms with Crippen molar-refractivity contribution in [2.45, 2.75) is 10.6 Å². The third kappa shape index (κ3) is 3.46. The highest BCUT2D eigenvalue weighted by molar-refractivity contribution is 7.90. The van der Waals surface area contributed by atoms with Crippen molar-refractivity contribution < 1.29 is 8.42 Å². The van der Waals surface area contributed by atoms with E-state index in [1.807, 2.05) is 43.3 Å². The fraction of sp³-hybridized carbons (Fsp3) is 0.176. The van der Waals surface area contributed by atoms with Crippen LogP contribution in [-0.2, 0) is 15.6 Å². The summed E-state index contributed by atoms with van der Waals surface area (Å²) in [5.74, 6) is 0.496. The molecule has 0 radical (unpaired) electrons. The molecule has 0 bridgehead atoms. The number of aromatic amines is 1. The summed E-state index contributed by atoms with van der Waals surface area (Å²) in [6.07, 6.45) is 1.39. The molecule has 0 saturated heterocycles. The Morgan fingerprint density at radius 3 is 2.58 bits per heavy atom. The largest absolute Gasteiger partial charge is 0.378 e. The number of hydrogen-bond donors (Lipinski definition) is 1. The average molecular weight is 342 g/mol. The molecule has 1 aromatic heterocycles.